The average Bonchev–Trinajstić information content (AvgIpc) is 3.00. The van der Waals surface area contributed by atoms with E-state index in [1.165, 1.54) is 0 Å². The first kappa shape index (κ1) is 15.0. The first-order valence-electron chi connectivity index (χ1n) is 7.13. The zero-order valence-electron chi connectivity index (χ0n) is 12.4. The highest BCUT2D eigenvalue weighted by Crippen LogP contribution is 2.27. The van der Waals surface area contributed by atoms with Gasteiger partial charge in [-0.05, 0) is 24.4 Å². The van der Waals surface area contributed by atoms with Gasteiger partial charge in [-0.3, -0.25) is 0 Å². The van der Waals surface area contributed by atoms with Crippen LogP contribution in [-0.2, 0) is 0 Å². The van der Waals surface area contributed by atoms with Crippen molar-refractivity contribution >= 4 is 39.6 Å². The molecule has 0 spiro atoms. The molecule has 0 saturated carbocycles. The van der Waals surface area contributed by atoms with Gasteiger partial charge in [-0.1, -0.05) is 55.1 Å². The number of aromatic nitrogens is 1. The first-order chi connectivity index (χ1) is 11.2. The van der Waals surface area contributed by atoms with Gasteiger partial charge < -0.3 is 10.7 Å². The number of anilines is 1. The Morgan fingerprint density at radius 3 is 2.52 bits per heavy atom. The summed E-state index contributed by atoms with van der Waals surface area (Å²) >= 11 is 5.19. The first-order valence-corrected chi connectivity index (χ1v) is 7.53. The molecule has 114 valence electrons. The molecule has 3 N–H and O–H groups in total. The summed E-state index contributed by atoms with van der Waals surface area (Å²) in [4.78, 5) is 3.20. The molecule has 2 aromatic carbocycles. The number of fused-ring (bicyclic) bond motifs is 1. The average molecular weight is 320 g/mol. The van der Waals surface area contributed by atoms with Crippen LogP contribution < -0.4 is 10.7 Å². The van der Waals surface area contributed by atoms with Gasteiger partial charge in [0.15, 0.2) is 5.11 Å². The molecular weight excluding hydrogens is 304 g/mol. The highest BCUT2D eigenvalue weighted by atomic mass is 32.1. The Morgan fingerprint density at radius 2 is 1.83 bits per heavy atom. The van der Waals surface area contributed by atoms with Gasteiger partial charge in [-0.15, -0.1) is 0 Å². The summed E-state index contributed by atoms with van der Waals surface area (Å²) in [5.74, 6) is 0. The second-order valence-electron chi connectivity index (χ2n) is 4.92. The van der Waals surface area contributed by atoms with Gasteiger partial charge in [-0.2, -0.15) is 5.10 Å². The number of rotatable bonds is 4. The maximum atomic E-state index is 5.90. The minimum absolute atomic E-state index is 0.171. The van der Waals surface area contributed by atoms with E-state index in [-0.39, 0.29) is 5.11 Å². The van der Waals surface area contributed by atoms with Gasteiger partial charge >= 0.3 is 0 Å². The van der Waals surface area contributed by atoms with E-state index in [0.717, 1.165) is 22.2 Å². The third-order valence-corrected chi connectivity index (χ3v) is 3.65. The minimum atomic E-state index is 0.171. The van der Waals surface area contributed by atoms with Crippen LogP contribution in [0.15, 0.2) is 78.6 Å². The third-order valence-electron chi connectivity index (χ3n) is 3.47. The highest BCUT2D eigenvalue weighted by molar-refractivity contribution is 7.80. The van der Waals surface area contributed by atoms with Crippen molar-refractivity contribution in [3.63, 3.8) is 0 Å². The SMILES string of the molecule is C=CC(=NN(C(N)=S)c1c[nH]c2ccccc12)c1ccccc1. The second kappa shape index (κ2) is 6.46. The number of nitrogens with one attached hydrogen (secondary N) is 1. The smallest absolute Gasteiger partial charge is 0.191 e. The molecule has 1 aromatic heterocycles. The Hall–Kier alpha value is -2.92. The van der Waals surface area contributed by atoms with E-state index in [1.54, 1.807) is 11.1 Å². The fourth-order valence-corrected chi connectivity index (χ4v) is 2.53. The van der Waals surface area contributed by atoms with Gasteiger partial charge in [0.1, 0.15) is 0 Å². The molecule has 0 unspecified atom stereocenters. The quantitative estimate of drug-likeness (QED) is 0.437. The molecule has 0 aliphatic heterocycles. The fraction of sp³-hybridized carbons (Fsp3) is 0. The number of para-hydroxylation sites is 1. The zero-order chi connectivity index (χ0) is 16.2. The number of H-pyrrole nitrogens is 1. The molecule has 3 aromatic rings. The van der Waals surface area contributed by atoms with Crippen LogP contribution in [-0.4, -0.2) is 15.8 Å². The molecule has 0 aliphatic carbocycles. The Labute approximate surface area is 139 Å². The van der Waals surface area contributed by atoms with Crippen molar-refractivity contribution in [2.75, 3.05) is 5.01 Å². The van der Waals surface area contributed by atoms with Gasteiger partial charge in [0.05, 0.1) is 11.4 Å². The van der Waals surface area contributed by atoms with Crippen LogP contribution in [0.5, 0.6) is 0 Å². The zero-order valence-corrected chi connectivity index (χ0v) is 13.3. The number of hydrazone groups is 1. The summed E-state index contributed by atoms with van der Waals surface area (Å²) in [5.41, 5.74) is 9.36. The number of hydrogen-bond acceptors (Lipinski definition) is 2. The molecule has 3 rings (SSSR count). The van der Waals surface area contributed by atoms with E-state index < -0.39 is 0 Å². The lowest BCUT2D eigenvalue weighted by molar-refractivity contribution is 1.14. The van der Waals surface area contributed by atoms with E-state index in [0.29, 0.717) is 5.71 Å². The maximum absolute atomic E-state index is 5.90. The second-order valence-corrected chi connectivity index (χ2v) is 5.34. The van der Waals surface area contributed by atoms with Crippen LogP contribution in [0.25, 0.3) is 10.9 Å². The van der Waals surface area contributed by atoms with Crippen LogP contribution in [0.1, 0.15) is 5.56 Å². The number of benzene rings is 2. The predicted molar refractivity (Wildman–Crippen MR) is 101 cm³/mol. The summed E-state index contributed by atoms with van der Waals surface area (Å²) < 4.78 is 0. The van der Waals surface area contributed by atoms with E-state index in [9.17, 15) is 0 Å². The molecule has 0 bridgehead atoms. The predicted octanol–water partition coefficient (Wildman–Crippen LogP) is 3.81. The van der Waals surface area contributed by atoms with E-state index >= 15 is 0 Å². The van der Waals surface area contributed by atoms with Gasteiger partial charge in [-0.25, -0.2) is 5.01 Å². The normalized spacial score (nSPS) is 11.4. The molecule has 0 amide bonds. The number of nitrogens with two attached hydrogens (primary N) is 1. The summed E-state index contributed by atoms with van der Waals surface area (Å²) in [7, 11) is 0. The highest BCUT2D eigenvalue weighted by Gasteiger charge is 2.14. The monoisotopic (exact) mass is 320 g/mol. The number of nitrogens with zero attached hydrogens (tertiary/aromatic N) is 2. The summed E-state index contributed by atoms with van der Waals surface area (Å²) in [6.45, 7) is 3.84. The standard InChI is InChI=1S/C18H16N4S/c1-2-15(13-8-4-3-5-9-13)21-22(18(19)23)17-12-20-16-11-7-6-10-14(16)17/h2-12,20H,1H2,(H2,19,23). The summed E-state index contributed by atoms with van der Waals surface area (Å²) in [6, 6.07) is 17.7. The van der Waals surface area contributed by atoms with Crippen molar-refractivity contribution in [2.24, 2.45) is 10.8 Å². The Bertz CT molecular complexity index is 880. The Balaban J connectivity index is 2.10. The Morgan fingerprint density at radius 1 is 1.13 bits per heavy atom. The van der Waals surface area contributed by atoms with Crippen LogP contribution in [0.3, 0.4) is 0 Å². The molecule has 1 heterocycles. The van der Waals surface area contributed by atoms with Gasteiger partial charge in [0.2, 0.25) is 0 Å². The number of allylic oxidation sites excluding steroid dienone is 1. The van der Waals surface area contributed by atoms with Crippen molar-refractivity contribution in [1.82, 2.24) is 4.98 Å². The number of aromatic amines is 1. The molecule has 0 fully saturated rings. The molecule has 0 atom stereocenters. The molecule has 5 heteroatoms. The number of thiocarbonyl (C=S) groups is 1. The topological polar surface area (TPSA) is 57.4 Å². The largest absolute Gasteiger partial charge is 0.374 e. The van der Waals surface area contributed by atoms with Gasteiger partial charge in [0.25, 0.3) is 0 Å². The molecular formula is C18H16N4S. The van der Waals surface area contributed by atoms with Crippen LogP contribution in [0, 0.1) is 0 Å². The van der Waals surface area contributed by atoms with Crippen molar-refractivity contribution in [3.05, 3.63) is 79.0 Å². The Kier molecular flexibility index (Phi) is 4.21. The lowest BCUT2D eigenvalue weighted by atomic mass is 10.1. The minimum Gasteiger partial charge on any atom is -0.374 e. The molecule has 0 aliphatic rings. The molecule has 23 heavy (non-hydrogen) atoms. The number of hydrogen-bond donors (Lipinski definition) is 2. The van der Waals surface area contributed by atoms with Crippen LogP contribution in [0.4, 0.5) is 5.69 Å². The van der Waals surface area contributed by atoms with Crippen molar-refractivity contribution in [3.8, 4) is 0 Å². The van der Waals surface area contributed by atoms with Crippen molar-refractivity contribution in [1.29, 1.82) is 0 Å². The van der Waals surface area contributed by atoms with E-state index in [2.05, 4.69) is 16.7 Å². The lowest BCUT2D eigenvalue weighted by Crippen LogP contribution is -2.31. The maximum Gasteiger partial charge on any atom is 0.191 e. The van der Waals surface area contributed by atoms with Crippen LogP contribution in [0.2, 0.25) is 0 Å². The molecule has 0 radical (unpaired) electrons. The van der Waals surface area contributed by atoms with Crippen LogP contribution >= 0.6 is 12.2 Å². The summed E-state index contributed by atoms with van der Waals surface area (Å²) in [6.07, 6.45) is 3.54. The fourth-order valence-electron chi connectivity index (χ4n) is 2.39. The van der Waals surface area contributed by atoms with E-state index in [4.69, 9.17) is 18.0 Å². The third kappa shape index (κ3) is 3.00. The van der Waals surface area contributed by atoms with Crippen molar-refractivity contribution in [2.45, 2.75) is 0 Å². The lowest BCUT2D eigenvalue weighted by Gasteiger charge is -2.17. The molecule has 4 nitrogen and oxygen atoms in total. The summed E-state index contributed by atoms with van der Waals surface area (Å²) in [5, 5.41) is 7.33. The van der Waals surface area contributed by atoms with Crippen molar-refractivity contribution < 1.29 is 0 Å². The van der Waals surface area contributed by atoms with Gasteiger partial charge in [0, 0.05) is 22.7 Å². The molecule has 0 saturated heterocycles. The van der Waals surface area contributed by atoms with E-state index in [1.807, 2.05) is 60.8 Å².